The van der Waals surface area contributed by atoms with Crippen LogP contribution in [0.1, 0.15) is 31.2 Å². The minimum Gasteiger partial charge on any atom is -0.361 e. The smallest absolute Gasteiger partial charge is 0.229 e. The first-order valence-electron chi connectivity index (χ1n) is 11.3. The van der Waals surface area contributed by atoms with Crippen LogP contribution in [0.15, 0.2) is 54.7 Å². The number of likely N-dealkylation sites (tertiary alicyclic amines) is 1. The van der Waals surface area contributed by atoms with E-state index in [2.05, 4.69) is 50.2 Å². The lowest BCUT2D eigenvalue weighted by Crippen LogP contribution is -2.53. The molecule has 2 fully saturated rings. The molecule has 0 saturated carbocycles. The van der Waals surface area contributed by atoms with Gasteiger partial charge in [0, 0.05) is 43.3 Å². The first-order valence-corrected chi connectivity index (χ1v) is 11.3. The van der Waals surface area contributed by atoms with Crippen LogP contribution in [-0.4, -0.2) is 45.4 Å². The van der Waals surface area contributed by atoms with Crippen LogP contribution in [0, 0.1) is 5.41 Å². The van der Waals surface area contributed by atoms with E-state index in [0.29, 0.717) is 12.5 Å². The molecule has 0 bridgehead atoms. The highest BCUT2D eigenvalue weighted by Gasteiger charge is 2.46. The lowest BCUT2D eigenvalue weighted by atomic mass is 9.71. The normalized spacial score (nSPS) is 19.0. The van der Waals surface area contributed by atoms with Gasteiger partial charge in [-0.25, -0.2) is 4.98 Å². The van der Waals surface area contributed by atoms with Gasteiger partial charge in [0.15, 0.2) is 0 Å². The number of amides is 1. The summed E-state index contributed by atoms with van der Waals surface area (Å²) in [4.78, 5) is 29.6. The van der Waals surface area contributed by atoms with Gasteiger partial charge in [0.1, 0.15) is 0 Å². The highest BCUT2D eigenvalue weighted by Crippen LogP contribution is 2.42. The highest BCUT2D eigenvalue weighted by molar-refractivity contribution is 5.86. The molecule has 0 aliphatic carbocycles. The van der Waals surface area contributed by atoms with E-state index < -0.39 is 0 Å². The number of fused-ring (bicyclic) bond motifs is 2. The van der Waals surface area contributed by atoms with Crippen molar-refractivity contribution in [1.82, 2.24) is 19.9 Å². The van der Waals surface area contributed by atoms with Crippen molar-refractivity contribution in [3.63, 3.8) is 0 Å². The second-order valence-electron chi connectivity index (χ2n) is 9.03. The van der Waals surface area contributed by atoms with Crippen LogP contribution in [0.25, 0.3) is 21.9 Å². The molecule has 2 aliphatic rings. The van der Waals surface area contributed by atoms with Crippen LogP contribution in [0.4, 0.5) is 5.95 Å². The van der Waals surface area contributed by atoms with Gasteiger partial charge in [0.25, 0.3) is 0 Å². The molecule has 6 nitrogen and oxygen atoms in total. The first kappa shape index (κ1) is 18.5. The number of nitrogens with one attached hydrogen (secondary N) is 2. The van der Waals surface area contributed by atoms with E-state index in [1.165, 1.54) is 10.9 Å². The van der Waals surface area contributed by atoms with Gasteiger partial charge < -0.3 is 19.8 Å². The second-order valence-corrected chi connectivity index (χ2v) is 9.03. The average Bonchev–Trinajstić information content (AvgIpc) is 3.42. The van der Waals surface area contributed by atoms with Crippen molar-refractivity contribution in [2.45, 2.75) is 32.2 Å². The number of piperidine rings is 2. The number of carbonyl (C=O) groups excluding carboxylic acids is 1. The Balaban J connectivity index is 1.18. The van der Waals surface area contributed by atoms with Gasteiger partial charge in [-0.05, 0) is 49.4 Å². The minimum absolute atomic E-state index is 0.215. The maximum atomic E-state index is 13.6. The maximum Gasteiger partial charge on any atom is 0.229 e. The molecule has 2 aromatic heterocycles. The molecule has 0 radical (unpaired) electrons. The Morgan fingerprint density at radius 3 is 2.55 bits per heavy atom. The minimum atomic E-state index is -0.215. The molecule has 1 spiro atoms. The molecule has 158 valence electrons. The average molecular weight is 414 g/mol. The summed E-state index contributed by atoms with van der Waals surface area (Å²) in [6, 6.07) is 16.5. The molecule has 31 heavy (non-hydrogen) atoms. The Kier molecular flexibility index (Phi) is 4.26. The molecule has 2 aromatic carbocycles. The third kappa shape index (κ3) is 3.09. The number of H-pyrrole nitrogens is 2. The monoisotopic (exact) mass is 413 g/mol. The van der Waals surface area contributed by atoms with E-state index in [1.54, 1.807) is 0 Å². The topological polar surface area (TPSA) is 68.0 Å². The lowest BCUT2D eigenvalue weighted by molar-refractivity contribution is -0.148. The number of nitrogens with zero attached hydrogens (tertiary/aromatic N) is 3. The maximum absolute atomic E-state index is 13.6. The van der Waals surface area contributed by atoms with E-state index in [0.717, 1.165) is 67.8 Å². The quantitative estimate of drug-likeness (QED) is 0.521. The number of aromatic nitrogens is 3. The number of rotatable bonds is 3. The molecule has 2 saturated heterocycles. The zero-order chi connectivity index (χ0) is 20.8. The molecule has 0 atom stereocenters. The Morgan fingerprint density at radius 1 is 0.935 bits per heavy atom. The molecule has 2 N–H and O–H groups in total. The van der Waals surface area contributed by atoms with Gasteiger partial charge in [0.2, 0.25) is 11.9 Å². The largest absolute Gasteiger partial charge is 0.361 e. The van der Waals surface area contributed by atoms with Crippen molar-refractivity contribution in [3.05, 3.63) is 60.3 Å². The van der Waals surface area contributed by atoms with Crippen molar-refractivity contribution in [3.8, 4) is 0 Å². The molecule has 4 aromatic rings. The molecule has 2 aliphatic heterocycles. The SMILES string of the molecule is O=C1N(Cc2c[nH]c3ccccc23)CCCC12CCN(c1nc3ccccc3[nH]1)CC2. The van der Waals surface area contributed by atoms with E-state index in [9.17, 15) is 4.79 Å². The standard InChI is InChI=1S/C25H27N5O/c31-23-25(10-5-13-30(23)17-18-16-26-20-7-2-1-6-19(18)20)11-14-29(15-12-25)24-27-21-8-3-4-9-22(21)28-24/h1-4,6-9,16,26H,5,10-15,17H2,(H,27,28). The number of imidazole rings is 1. The Morgan fingerprint density at radius 2 is 1.71 bits per heavy atom. The van der Waals surface area contributed by atoms with Gasteiger partial charge in [-0.3, -0.25) is 4.79 Å². The summed E-state index contributed by atoms with van der Waals surface area (Å²) < 4.78 is 0. The number of hydrogen-bond acceptors (Lipinski definition) is 3. The summed E-state index contributed by atoms with van der Waals surface area (Å²) in [5.74, 6) is 1.27. The van der Waals surface area contributed by atoms with Crippen molar-refractivity contribution in [1.29, 1.82) is 0 Å². The summed E-state index contributed by atoms with van der Waals surface area (Å²) in [7, 11) is 0. The summed E-state index contributed by atoms with van der Waals surface area (Å²) in [5.41, 5.74) is 4.19. The summed E-state index contributed by atoms with van der Waals surface area (Å²) in [6.07, 6.45) is 5.94. The second kappa shape index (κ2) is 7.15. The van der Waals surface area contributed by atoms with Gasteiger partial charge in [-0.2, -0.15) is 0 Å². The summed E-state index contributed by atoms with van der Waals surface area (Å²) >= 11 is 0. The predicted molar refractivity (Wildman–Crippen MR) is 123 cm³/mol. The van der Waals surface area contributed by atoms with Gasteiger partial charge >= 0.3 is 0 Å². The number of aromatic amines is 2. The van der Waals surface area contributed by atoms with Crippen molar-refractivity contribution < 1.29 is 4.79 Å². The zero-order valence-electron chi connectivity index (χ0n) is 17.6. The lowest BCUT2D eigenvalue weighted by Gasteiger charge is -2.46. The van der Waals surface area contributed by atoms with E-state index >= 15 is 0 Å². The predicted octanol–water partition coefficient (Wildman–Crippen LogP) is 4.45. The Hall–Kier alpha value is -3.28. The Labute approximate surface area is 181 Å². The number of hydrogen-bond donors (Lipinski definition) is 2. The molecule has 6 rings (SSSR count). The number of benzene rings is 2. The van der Waals surface area contributed by atoms with Crippen LogP contribution in [0.3, 0.4) is 0 Å². The van der Waals surface area contributed by atoms with Crippen LogP contribution < -0.4 is 4.90 Å². The summed E-state index contributed by atoms with van der Waals surface area (Å²) in [5, 5.41) is 1.22. The van der Waals surface area contributed by atoms with Gasteiger partial charge in [-0.1, -0.05) is 30.3 Å². The third-order valence-corrected chi connectivity index (χ3v) is 7.26. The number of para-hydroxylation sites is 3. The van der Waals surface area contributed by atoms with E-state index in [4.69, 9.17) is 4.98 Å². The molecular weight excluding hydrogens is 386 g/mol. The van der Waals surface area contributed by atoms with Crippen molar-refractivity contribution in [2.24, 2.45) is 5.41 Å². The van der Waals surface area contributed by atoms with Crippen LogP contribution in [0.2, 0.25) is 0 Å². The number of carbonyl (C=O) groups is 1. The van der Waals surface area contributed by atoms with E-state index in [1.807, 2.05) is 24.3 Å². The fourth-order valence-corrected chi connectivity index (χ4v) is 5.47. The first-order chi connectivity index (χ1) is 15.2. The molecule has 0 unspecified atom stereocenters. The zero-order valence-corrected chi connectivity index (χ0v) is 17.6. The van der Waals surface area contributed by atoms with Crippen molar-refractivity contribution in [2.75, 3.05) is 24.5 Å². The van der Waals surface area contributed by atoms with Crippen molar-refractivity contribution >= 4 is 33.8 Å². The van der Waals surface area contributed by atoms with Crippen LogP contribution >= 0.6 is 0 Å². The number of anilines is 1. The van der Waals surface area contributed by atoms with Gasteiger partial charge in [-0.15, -0.1) is 0 Å². The highest BCUT2D eigenvalue weighted by atomic mass is 16.2. The van der Waals surface area contributed by atoms with Crippen LogP contribution in [-0.2, 0) is 11.3 Å². The van der Waals surface area contributed by atoms with E-state index in [-0.39, 0.29) is 5.41 Å². The molecular formula is C25H27N5O. The molecule has 4 heterocycles. The van der Waals surface area contributed by atoms with Crippen LogP contribution in [0.5, 0.6) is 0 Å². The third-order valence-electron chi connectivity index (χ3n) is 7.26. The molecule has 1 amide bonds. The fourth-order valence-electron chi connectivity index (χ4n) is 5.47. The van der Waals surface area contributed by atoms with Gasteiger partial charge in [0.05, 0.1) is 16.4 Å². The summed E-state index contributed by atoms with van der Waals surface area (Å²) in [6.45, 7) is 3.28. The Bertz CT molecular complexity index is 1210. The fraction of sp³-hybridized carbons (Fsp3) is 0.360. The molecule has 6 heteroatoms.